The van der Waals surface area contributed by atoms with E-state index in [0.717, 1.165) is 36.0 Å². The van der Waals surface area contributed by atoms with E-state index in [1.807, 2.05) is 11.8 Å². The molecule has 0 spiro atoms. The van der Waals surface area contributed by atoms with Crippen LogP contribution in [0.1, 0.15) is 41.5 Å². The molecule has 0 radical (unpaired) electrons. The number of aliphatic imine (C=N–C) groups is 1. The van der Waals surface area contributed by atoms with E-state index in [0.29, 0.717) is 5.41 Å². The van der Waals surface area contributed by atoms with Crippen molar-refractivity contribution >= 4 is 16.9 Å². The van der Waals surface area contributed by atoms with Gasteiger partial charge in [0.15, 0.2) is 5.17 Å². The lowest BCUT2D eigenvalue weighted by molar-refractivity contribution is 0.288. The van der Waals surface area contributed by atoms with Gasteiger partial charge in [0, 0.05) is 18.8 Å². The molecular formula is C14H28N2S. The molecule has 0 bridgehead atoms. The molecule has 0 unspecified atom stereocenters. The molecule has 1 heterocycles. The van der Waals surface area contributed by atoms with Crippen LogP contribution in [0.15, 0.2) is 4.99 Å². The quantitative estimate of drug-likeness (QED) is 0.830. The monoisotopic (exact) mass is 256 g/mol. The molecule has 0 amide bonds. The van der Waals surface area contributed by atoms with Crippen LogP contribution in [-0.2, 0) is 0 Å². The first kappa shape index (κ1) is 14.9. The molecule has 1 rings (SSSR count). The minimum absolute atomic E-state index is 0.366. The zero-order chi connectivity index (χ0) is 13.1. The predicted molar refractivity (Wildman–Crippen MR) is 79.7 cm³/mol. The summed E-state index contributed by atoms with van der Waals surface area (Å²) in [5, 5.41) is 4.68. The normalized spacial score (nSPS) is 19.9. The number of nitrogens with zero attached hydrogens (tertiary/aromatic N) is 1. The van der Waals surface area contributed by atoms with Gasteiger partial charge in [0.25, 0.3) is 0 Å². The third-order valence-corrected chi connectivity index (χ3v) is 4.92. The summed E-state index contributed by atoms with van der Waals surface area (Å²) in [5.41, 5.74) is 0.366. The van der Waals surface area contributed by atoms with Gasteiger partial charge in [0.2, 0.25) is 0 Å². The van der Waals surface area contributed by atoms with Crippen LogP contribution >= 0.6 is 11.8 Å². The first-order chi connectivity index (χ1) is 7.82. The highest BCUT2D eigenvalue weighted by Crippen LogP contribution is 2.27. The summed E-state index contributed by atoms with van der Waals surface area (Å²) in [7, 11) is 0. The highest BCUT2D eigenvalue weighted by Gasteiger charge is 2.24. The van der Waals surface area contributed by atoms with Gasteiger partial charge in [-0.15, -0.1) is 0 Å². The molecular weight excluding hydrogens is 228 g/mol. The molecule has 1 N–H and O–H groups in total. The highest BCUT2D eigenvalue weighted by molar-refractivity contribution is 8.13. The molecule has 2 nitrogen and oxygen atoms in total. The van der Waals surface area contributed by atoms with Crippen molar-refractivity contribution in [1.82, 2.24) is 5.32 Å². The molecule has 1 aliphatic rings. The summed E-state index contributed by atoms with van der Waals surface area (Å²) in [5.74, 6) is 3.36. The largest absolute Gasteiger partial charge is 0.365 e. The lowest BCUT2D eigenvalue weighted by atomic mass is 9.85. The summed E-state index contributed by atoms with van der Waals surface area (Å²) in [6.07, 6.45) is 0. The lowest BCUT2D eigenvalue weighted by Gasteiger charge is -2.30. The third kappa shape index (κ3) is 4.90. The minimum atomic E-state index is 0.366. The maximum atomic E-state index is 4.64. The molecule has 0 atom stereocenters. The van der Waals surface area contributed by atoms with E-state index in [2.05, 4.69) is 51.9 Å². The summed E-state index contributed by atoms with van der Waals surface area (Å²) < 4.78 is 0. The SMILES string of the molecule is CC(C)C(CNC1=NCC(C)(C)CS1)C(C)C. The Morgan fingerprint density at radius 3 is 2.24 bits per heavy atom. The van der Waals surface area contributed by atoms with Gasteiger partial charge in [0.05, 0.1) is 0 Å². The second-order valence-corrected chi connectivity index (χ2v) is 7.57. The van der Waals surface area contributed by atoms with Gasteiger partial charge >= 0.3 is 0 Å². The van der Waals surface area contributed by atoms with Crippen LogP contribution in [0.5, 0.6) is 0 Å². The van der Waals surface area contributed by atoms with E-state index < -0.39 is 0 Å². The Hall–Kier alpha value is -0.180. The number of rotatable bonds is 4. The fourth-order valence-electron chi connectivity index (χ4n) is 2.19. The zero-order valence-corrected chi connectivity index (χ0v) is 13.0. The van der Waals surface area contributed by atoms with Crippen LogP contribution in [0, 0.1) is 23.2 Å². The van der Waals surface area contributed by atoms with E-state index in [9.17, 15) is 0 Å². The van der Waals surface area contributed by atoms with Crippen molar-refractivity contribution in [2.75, 3.05) is 18.8 Å². The Balaban J connectivity index is 2.43. The zero-order valence-electron chi connectivity index (χ0n) is 12.2. The fourth-order valence-corrected chi connectivity index (χ4v) is 3.15. The molecule has 0 fully saturated rings. The Labute approximate surface area is 111 Å². The second-order valence-electron chi connectivity index (χ2n) is 6.61. The summed E-state index contributed by atoms with van der Waals surface area (Å²) in [6, 6.07) is 0. The van der Waals surface area contributed by atoms with Crippen LogP contribution in [0.4, 0.5) is 0 Å². The van der Waals surface area contributed by atoms with Crippen LogP contribution in [0.25, 0.3) is 0 Å². The molecule has 0 saturated carbocycles. The van der Waals surface area contributed by atoms with Gasteiger partial charge in [-0.1, -0.05) is 53.3 Å². The van der Waals surface area contributed by atoms with Gasteiger partial charge in [0.1, 0.15) is 0 Å². The Morgan fingerprint density at radius 2 is 1.82 bits per heavy atom. The fraction of sp³-hybridized carbons (Fsp3) is 0.929. The van der Waals surface area contributed by atoms with Crippen molar-refractivity contribution in [3.63, 3.8) is 0 Å². The van der Waals surface area contributed by atoms with Crippen LogP contribution in [-0.4, -0.2) is 24.0 Å². The molecule has 0 aromatic rings. The van der Waals surface area contributed by atoms with Crippen LogP contribution in [0.3, 0.4) is 0 Å². The standard InChI is InChI=1S/C14H28N2S/c1-10(2)12(11(3)4)7-15-13-16-8-14(5,6)9-17-13/h10-12H,7-9H2,1-6H3,(H,15,16). The molecule has 1 aliphatic heterocycles. The summed E-state index contributed by atoms with van der Waals surface area (Å²) in [4.78, 5) is 4.64. The highest BCUT2D eigenvalue weighted by atomic mass is 32.2. The number of hydrogen-bond acceptors (Lipinski definition) is 3. The number of amidine groups is 1. The van der Waals surface area contributed by atoms with Crippen LogP contribution < -0.4 is 5.32 Å². The van der Waals surface area contributed by atoms with Crippen molar-refractivity contribution in [3.05, 3.63) is 0 Å². The first-order valence-corrected chi connectivity index (χ1v) is 7.71. The molecule has 0 aliphatic carbocycles. The Morgan fingerprint density at radius 1 is 1.24 bits per heavy atom. The smallest absolute Gasteiger partial charge is 0.156 e. The second kappa shape index (κ2) is 6.12. The molecule has 0 aromatic heterocycles. The predicted octanol–water partition coefficient (Wildman–Crippen LogP) is 3.63. The maximum absolute atomic E-state index is 4.64. The number of nitrogens with one attached hydrogen (secondary N) is 1. The van der Waals surface area contributed by atoms with E-state index in [-0.39, 0.29) is 0 Å². The van der Waals surface area contributed by atoms with E-state index in [1.54, 1.807) is 0 Å². The van der Waals surface area contributed by atoms with Crippen molar-refractivity contribution < 1.29 is 0 Å². The molecule has 0 saturated heterocycles. The topological polar surface area (TPSA) is 24.4 Å². The van der Waals surface area contributed by atoms with Crippen molar-refractivity contribution in [3.8, 4) is 0 Å². The first-order valence-electron chi connectivity index (χ1n) is 6.73. The summed E-state index contributed by atoms with van der Waals surface area (Å²) in [6.45, 7) is 15.8. The van der Waals surface area contributed by atoms with Gasteiger partial charge in [-0.2, -0.15) is 0 Å². The van der Waals surface area contributed by atoms with Crippen molar-refractivity contribution in [1.29, 1.82) is 0 Å². The van der Waals surface area contributed by atoms with Crippen molar-refractivity contribution in [2.24, 2.45) is 28.2 Å². The van der Waals surface area contributed by atoms with Gasteiger partial charge < -0.3 is 5.32 Å². The average Bonchev–Trinajstić information content (AvgIpc) is 2.19. The average molecular weight is 256 g/mol. The van der Waals surface area contributed by atoms with Gasteiger partial charge in [-0.05, 0) is 23.2 Å². The maximum Gasteiger partial charge on any atom is 0.156 e. The Kier molecular flexibility index (Phi) is 5.36. The van der Waals surface area contributed by atoms with Gasteiger partial charge in [-0.3, -0.25) is 4.99 Å². The molecule has 0 aromatic carbocycles. The molecule has 17 heavy (non-hydrogen) atoms. The van der Waals surface area contributed by atoms with E-state index >= 15 is 0 Å². The third-order valence-electron chi connectivity index (χ3n) is 3.45. The number of hydrogen-bond donors (Lipinski definition) is 1. The van der Waals surface area contributed by atoms with E-state index in [1.165, 1.54) is 5.75 Å². The van der Waals surface area contributed by atoms with Gasteiger partial charge in [-0.25, -0.2) is 0 Å². The number of thioether (sulfide) groups is 1. The molecule has 100 valence electrons. The van der Waals surface area contributed by atoms with Crippen molar-refractivity contribution in [2.45, 2.75) is 41.5 Å². The van der Waals surface area contributed by atoms with E-state index in [4.69, 9.17) is 0 Å². The lowest BCUT2D eigenvalue weighted by Crippen LogP contribution is -2.36. The van der Waals surface area contributed by atoms with Crippen LogP contribution in [0.2, 0.25) is 0 Å². The Bertz CT molecular complexity index is 261. The molecule has 3 heteroatoms. The minimum Gasteiger partial charge on any atom is -0.365 e. The summed E-state index contributed by atoms with van der Waals surface area (Å²) >= 11 is 1.87.